The summed E-state index contributed by atoms with van der Waals surface area (Å²) in [5, 5.41) is 5.06. The first kappa shape index (κ1) is 20.3. The molecular formula is C21H25N3O3S. The first-order chi connectivity index (χ1) is 13.5. The largest absolute Gasteiger partial charge is 0.497 e. The van der Waals surface area contributed by atoms with Gasteiger partial charge >= 0.3 is 0 Å². The highest BCUT2D eigenvalue weighted by atomic mass is 32.2. The van der Waals surface area contributed by atoms with Crippen LogP contribution < -0.4 is 14.8 Å². The Kier molecular flexibility index (Phi) is 6.61. The van der Waals surface area contributed by atoms with E-state index >= 15 is 0 Å². The number of hydrogen-bond acceptors (Lipinski definition) is 5. The first-order valence-corrected chi connectivity index (χ1v) is 10.7. The highest BCUT2D eigenvalue weighted by Gasteiger charge is 2.17. The summed E-state index contributed by atoms with van der Waals surface area (Å²) < 4.78 is 33.2. The number of nitrogens with zero attached hydrogens (tertiary/aromatic N) is 1. The predicted octanol–water partition coefficient (Wildman–Crippen LogP) is 2.74. The maximum absolute atomic E-state index is 12.6. The summed E-state index contributed by atoms with van der Waals surface area (Å²) in [6.45, 7) is 3.14. The fraction of sp³-hybridized carbons (Fsp3) is 0.286. The van der Waals surface area contributed by atoms with Gasteiger partial charge in [0.15, 0.2) is 0 Å². The monoisotopic (exact) mass is 399 g/mol. The average molecular weight is 400 g/mol. The molecule has 0 aliphatic heterocycles. The quantitative estimate of drug-likeness (QED) is 0.541. The fourth-order valence-electron chi connectivity index (χ4n) is 2.98. The van der Waals surface area contributed by atoms with Gasteiger partial charge in [0.25, 0.3) is 0 Å². The number of methoxy groups -OCH3 is 1. The molecular weight excluding hydrogens is 374 g/mol. The lowest BCUT2D eigenvalue weighted by molar-refractivity contribution is 0.414. The first-order valence-electron chi connectivity index (χ1n) is 9.18. The minimum Gasteiger partial charge on any atom is -0.497 e. The Morgan fingerprint density at radius 2 is 1.96 bits per heavy atom. The maximum Gasteiger partial charge on any atom is 0.240 e. The van der Waals surface area contributed by atoms with Crippen LogP contribution in [0.25, 0.3) is 10.8 Å². The van der Waals surface area contributed by atoms with Gasteiger partial charge in [-0.2, -0.15) is 0 Å². The number of aromatic nitrogens is 1. The Bertz CT molecular complexity index is 1040. The summed E-state index contributed by atoms with van der Waals surface area (Å²) in [7, 11) is -1.93. The van der Waals surface area contributed by atoms with Crippen molar-refractivity contribution in [2.45, 2.75) is 24.3 Å². The Morgan fingerprint density at radius 3 is 2.79 bits per heavy atom. The van der Waals surface area contributed by atoms with Crippen molar-refractivity contribution in [1.82, 2.24) is 15.0 Å². The van der Waals surface area contributed by atoms with Gasteiger partial charge in [-0.15, -0.1) is 0 Å². The SMILES string of the molecule is COc1cccc(CCNC[C@@H](C)NS(=O)(=O)c2ccc3cnccc3c2)c1. The second-order valence-corrected chi connectivity index (χ2v) is 8.43. The molecule has 3 rings (SSSR count). The molecule has 0 amide bonds. The molecule has 1 heterocycles. The standard InChI is InChI=1S/C21H25N3O3S/c1-16(14-22-10-8-17-4-3-5-20(12-17)27-2)24-28(25,26)21-7-6-19-15-23-11-9-18(19)13-21/h3-7,9,11-13,15-16,22,24H,8,10,14H2,1-2H3/t16-/m1/s1. The van der Waals surface area contributed by atoms with Crippen molar-refractivity contribution >= 4 is 20.8 Å². The van der Waals surface area contributed by atoms with Crippen molar-refractivity contribution in [2.75, 3.05) is 20.2 Å². The van der Waals surface area contributed by atoms with E-state index in [1.54, 1.807) is 43.8 Å². The molecule has 0 saturated heterocycles. The highest BCUT2D eigenvalue weighted by molar-refractivity contribution is 7.89. The minimum atomic E-state index is -3.58. The van der Waals surface area contributed by atoms with Crippen LogP contribution in [0.2, 0.25) is 0 Å². The summed E-state index contributed by atoms with van der Waals surface area (Å²) in [6, 6.07) is 14.5. The fourth-order valence-corrected chi connectivity index (χ4v) is 4.26. The third kappa shape index (κ3) is 5.28. The van der Waals surface area contributed by atoms with Gasteiger partial charge in [-0.25, -0.2) is 13.1 Å². The summed E-state index contributed by atoms with van der Waals surface area (Å²) in [4.78, 5) is 4.30. The van der Waals surface area contributed by atoms with Crippen LogP contribution in [0.5, 0.6) is 5.75 Å². The third-order valence-corrected chi connectivity index (χ3v) is 6.04. The zero-order valence-corrected chi connectivity index (χ0v) is 16.9. The summed E-state index contributed by atoms with van der Waals surface area (Å²) >= 11 is 0. The molecule has 0 aliphatic carbocycles. The molecule has 0 saturated carbocycles. The highest BCUT2D eigenvalue weighted by Crippen LogP contribution is 2.18. The van der Waals surface area contributed by atoms with Crippen LogP contribution in [0.1, 0.15) is 12.5 Å². The van der Waals surface area contributed by atoms with E-state index in [0.29, 0.717) is 6.54 Å². The van der Waals surface area contributed by atoms with E-state index in [1.807, 2.05) is 31.2 Å². The van der Waals surface area contributed by atoms with Crippen molar-refractivity contribution in [3.8, 4) is 5.75 Å². The lowest BCUT2D eigenvalue weighted by atomic mass is 10.1. The normalized spacial score (nSPS) is 12.8. The molecule has 0 aliphatic rings. The Labute approximate surface area is 166 Å². The molecule has 2 N–H and O–H groups in total. The zero-order chi connectivity index (χ0) is 20.0. The molecule has 0 spiro atoms. The Balaban J connectivity index is 1.52. The molecule has 7 heteroatoms. The van der Waals surface area contributed by atoms with E-state index in [-0.39, 0.29) is 10.9 Å². The van der Waals surface area contributed by atoms with E-state index in [9.17, 15) is 8.42 Å². The Morgan fingerprint density at radius 1 is 1.11 bits per heavy atom. The van der Waals surface area contributed by atoms with Gasteiger partial charge in [0.1, 0.15) is 5.75 Å². The van der Waals surface area contributed by atoms with Crippen LogP contribution in [0.3, 0.4) is 0 Å². The predicted molar refractivity (Wildman–Crippen MR) is 111 cm³/mol. The van der Waals surface area contributed by atoms with E-state index < -0.39 is 10.0 Å². The number of benzene rings is 2. The number of sulfonamides is 1. The smallest absolute Gasteiger partial charge is 0.240 e. The topological polar surface area (TPSA) is 80.3 Å². The van der Waals surface area contributed by atoms with Gasteiger partial charge in [0.05, 0.1) is 12.0 Å². The minimum absolute atomic E-state index is 0.233. The molecule has 0 unspecified atom stereocenters. The van der Waals surface area contributed by atoms with Crippen LogP contribution in [-0.2, 0) is 16.4 Å². The molecule has 0 fully saturated rings. The van der Waals surface area contributed by atoms with Crippen LogP contribution in [-0.4, -0.2) is 39.6 Å². The van der Waals surface area contributed by atoms with E-state index in [4.69, 9.17) is 4.74 Å². The molecule has 0 radical (unpaired) electrons. The molecule has 28 heavy (non-hydrogen) atoms. The Hall–Kier alpha value is -2.48. The van der Waals surface area contributed by atoms with Crippen LogP contribution in [0.4, 0.5) is 0 Å². The molecule has 3 aromatic rings. The summed E-state index contributed by atoms with van der Waals surface area (Å²) in [5.74, 6) is 0.838. The number of rotatable bonds is 9. The molecule has 2 aromatic carbocycles. The maximum atomic E-state index is 12.6. The van der Waals surface area contributed by atoms with E-state index in [1.165, 1.54) is 5.56 Å². The number of nitrogens with one attached hydrogen (secondary N) is 2. The van der Waals surface area contributed by atoms with Gasteiger partial charge in [-0.1, -0.05) is 18.2 Å². The summed E-state index contributed by atoms with van der Waals surface area (Å²) in [6.07, 6.45) is 4.21. The van der Waals surface area contributed by atoms with Gasteiger partial charge in [-0.05, 0) is 61.2 Å². The molecule has 6 nitrogen and oxygen atoms in total. The van der Waals surface area contributed by atoms with Crippen LogP contribution >= 0.6 is 0 Å². The number of ether oxygens (including phenoxy) is 1. The van der Waals surface area contributed by atoms with E-state index in [0.717, 1.165) is 29.5 Å². The van der Waals surface area contributed by atoms with Crippen LogP contribution in [0, 0.1) is 0 Å². The third-order valence-electron chi connectivity index (χ3n) is 4.45. The number of hydrogen-bond donors (Lipinski definition) is 2. The van der Waals surface area contributed by atoms with Crippen LogP contribution in [0.15, 0.2) is 65.8 Å². The molecule has 1 aromatic heterocycles. The molecule has 148 valence electrons. The van der Waals surface area contributed by atoms with Gasteiger partial charge in [0.2, 0.25) is 10.0 Å². The van der Waals surface area contributed by atoms with Crippen molar-refractivity contribution in [3.05, 3.63) is 66.5 Å². The lowest BCUT2D eigenvalue weighted by Crippen LogP contribution is -2.40. The van der Waals surface area contributed by atoms with Gasteiger partial charge in [-0.3, -0.25) is 4.98 Å². The summed E-state index contributed by atoms with van der Waals surface area (Å²) in [5.41, 5.74) is 1.17. The molecule has 0 bridgehead atoms. The van der Waals surface area contributed by atoms with Crippen molar-refractivity contribution in [2.24, 2.45) is 0 Å². The zero-order valence-electron chi connectivity index (χ0n) is 16.1. The second kappa shape index (κ2) is 9.14. The van der Waals surface area contributed by atoms with Crippen molar-refractivity contribution in [1.29, 1.82) is 0 Å². The van der Waals surface area contributed by atoms with Crippen molar-refractivity contribution in [3.63, 3.8) is 0 Å². The lowest BCUT2D eigenvalue weighted by Gasteiger charge is -2.15. The number of pyridine rings is 1. The number of fused-ring (bicyclic) bond motifs is 1. The van der Waals surface area contributed by atoms with Crippen molar-refractivity contribution < 1.29 is 13.2 Å². The molecule has 1 atom stereocenters. The van der Waals surface area contributed by atoms with E-state index in [2.05, 4.69) is 15.0 Å². The second-order valence-electron chi connectivity index (χ2n) is 6.71. The average Bonchev–Trinajstić information content (AvgIpc) is 2.70. The van der Waals surface area contributed by atoms with Gasteiger partial charge < -0.3 is 10.1 Å². The van der Waals surface area contributed by atoms with Gasteiger partial charge in [0, 0.05) is 30.4 Å².